The molecule has 0 unspecified atom stereocenters. The van der Waals surface area contributed by atoms with E-state index in [0.29, 0.717) is 0 Å². The molecule has 14 heavy (non-hydrogen) atoms. The van der Waals surface area contributed by atoms with Crippen LogP contribution in [0, 0.1) is 6.92 Å². The van der Waals surface area contributed by atoms with Gasteiger partial charge in [0.15, 0.2) is 11.9 Å². The van der Waals surface area contributed by atoms with Crippen LogP contribution in [0.25, 0.3) is 10.8 Å². The molecule has 1 nitrogen and oxygen atoms in total. The highest BCUT2D eigenvalue weighted by molar-refractivity contribution is 5.80. The summed E-state index contributed by atoms with van der Waals surface area (Å²) in [4.78, 5) is 0. The highest BCUT2D eigenvalue weighted by atomic mass is 127. The van der Waals surface area contributed by atoms with Crippen LogP contribution in [0.3, 0.4) is 0 Å². The van der Waals surface area contributed by atoms with Gasteiger partial charge in [0.25, 0.3) is 0 Å². The number of hydrogen-bond acceptors (Lipinski definition) is 0. The second-order valence-electron chi connectivity index (χ2n) is 3.33. The molecule has 1 heterocycles. The normalized spacial score (nSPS) is 9.86. The molecule has 1 aromatic heterocycles. The summed E-state index contributed by atoms with van der Waals surface area (Å²) in [5, 5.41) is 2.64. The molecule has 0 bridgehead atoms. The Morgan fingerprint density at radius 1 is 1.14 bits per heavy atom. The first-order chi connectivity index (χ1) is 6.31. The summed E-state index contributed by atoms with van der Waals surface area (Å²) < 4.78 is 2.27. The molecule has 0 saturated heterocycles. The van der Waals surface area contributed by atoms with E-state index in [1.165, 1.54) is 16.5 Å². The molecule has 1 aromatic carbocycles. The molecule has 0 aliphatic heterocycles. The lowest BCUT2D eigenvalue weighted by Crippen LogP contribution is -3.00. The number of aryl methyl sites for hydroxylation is 2. The number of aromatic nitrogens is 1. The maximum atomic E-state index is 2.27. The Hall–Kier alpha value is -0.640. The fraction of sp³-hybridized carbons (Fsp3) is 0.250. The van der Waals surface area contributed by atoms with Gasteiger partial charge in [-0.2, -0.15) is 0 Å². The van der Waals surface area contributed by atoms with Gasteiger partial charge in [-0.25, -0.2) is 4.57 Å². The van der Waals surface area contributed by atoms with Crippen LogP contribution < -0.4 is 28.5 Å². The molecule has 0 atom stereocenters. The third kappa shape index (κ3) is 2.05. The Bertz CT molecular complexity index is 437. The summed E-state index contributed by atoms with van der Waals surface area (Å²) >= 11 is 0. The Morgan fingerprint density at radius 2 is 1.79 bits per heavy atom. The van der Waals surface area contributed by atoms with Gasteiger partial charge in [-0.15, -0.1) is 0 Å². The molecule has 0 amide bonds. The first-order valence-corrected chi connectivity index (χ1v) is 4.70. The topological polar surface area (TPSA) is 3.88 Å². The van der Waals surface area contributed by atoms with Crippen molar-refractivity contribution in [1.82, 2.24) is 0 Å². The maximum Gasteiger partial charge on any atom is 0.178 e. The van der Waals surface area contributed by atoms with Crippen molar-refractivity contribution in [1.29, 1.82) is 0 Å². The molecule has 0 aliphatic carbocycles. The minimum atomic E-state index is 0. The second-order valence-corrected chi connectivity index (χ2v) is 3.33. The van der Waals surface area contributed by atoms with Crippen LogP contribution in [-0.2, 0) is 6.54 Å². The smallest absolute Gasteiger partial charge is 0.178 e. The van der Waals surface area contributed by atoms with Gasteiger partial charge in [-0.05, 0) is 18.4 Å². The Balaban J connectivity index is 0.000000980. The fourth-order valence-electron chi connectivity index (χ4n) is 1.68. The predicted molar refractivity (Wildman–Crippen MR) is 54.6 cm³/mol. The van der Waals surface area contributed by atoms with E-state index >= 15 is 0 Å². The number of rotatable bonds is 1. The SMILES string of the molecule is CC[n+]1cc2ccccc2cc1C.[I-]. The fourth-order valence-corrected chi connectivity index (χ4v) is 1.68. The van der Waals surface area contributed by atoms with E-state index in [0.717, 1.165) is 6.54 Å². The molecule has 0 aliphatic rings. The minimum absolute atomic E-state index is 0. The molecule has 2 heteroatoms. The minimum Gasteiger partial charge on any atom is -1.00 e. The average molecular weight is 299 g/mol. The zero-order valence-corrected chi connectivity index (χ0v) is 10.7. The molecule has 0 N–H and O–H groups in total. The van der Waals surface area contributed by atoms with E-state index in [1.807, 2.05) is 0 Å². The molecular formula is C12H14IN. The zero-order valence-electron chi connectivity index (χ0n) is 8.50. The first kappa shape index (κ1) is 11.4. The Morgan fingerprint density at radius 3 is 2.43 bits per heavy atom. The summed E-state index contributed by atoms with van der Waals surface area (Å²) in [5.41, 5.74) is 1.32. The van der Waals surface area contributed by atoms with Crippen LogP contribution in [0.15, 0.2) is 36.5 Å². The maximum absolute atomic E-state index is 2.27. The third-order valence-electron chi connectivity index (χ3n) is 2.45. The first-order valence-electron chi connectivity index (χ1n) is 4.70. The number of halogens is 1. The number of fused-ring (bicyclic) bond motifs is 1. The summed E-state index contributed by atoms with van der Waals surface area (Å²) in [5.74, 6) is 0. The Kier molecular flexibility index (Phi) is 3.86. The monoisotopic (exact) mass is 299 g/mol. The molecule has 2 rings (SSSR count). The highest BCUT2D eigenvalue weighted by Crippen LogP contribution is 2.11. The van der Waals surface area contributed by atoms with Crippen LogP contribution in [0.1, 0.15) is 12.6 Å². The lowest BCUT2D eigenvalue weighted by atomic mass is 10.1. The highest BCUT2D eigenvalue weighted by Gasteiger charge is 2.04. The third-order valence-corrected chi connectivity index (χ3v) is 2.45. The van der Waals surface area contributed by atoms with Crippen molar-refractivity contribution in [2.45, 2.75) is 20.4 Å². The van der Waals surface area contributed by atoms with Gasteiger partial charge in [-0.1, -0.05) is 18.2 Å². The van der Waals surface area contributed by atoms with Crippen molar-refractivity contribution in [3.8, 4) is 0 Å². The largest absolute Gasteiger partial charge is 1.00 e. The van der Waals surface area contributed by atoms with E-state index in [4.69, 9.17) is 0 Å². The van der Waals surface area contributed by atoms with Gasteiger partial charge in [0.1, 0.15) is 6.54 Å². The van der Waals surface area contributed by atoms with Crippen LogP contribution >= 0.6 is 0 Å². The van der Waals surface area contributed by atoms with Crippen LogP contribution in [0.4, 0.5) is 0 Å². The summed E-state index contributed by atoms with van der Waals surface area (Å²) in [7, 11) is 0. The van der Waals surface area contributed by atoms with E-state index < -0.39 is 0 Å². The molecule has 0 radical (unpaired) electrons. The van der Waals surface area contributed by atoms with Crippen molar-refractivity contribution < 1.29 is 28.5 Å². The van der Waals surface area contributed by atoms with Crippen LogP contribution in [0.2, 0.25) is 0 Å². The van der Waals surface area contributed by atoms with Crippen LogP contribution in [-0.4, -0.2) is 0 Å². The average Bonchev–Trinajstić information content (AvgIpc) is 2.17. The summed E-state index contributed by atoms with van der Waals surface area (Å²) in [6.45, 7) is 5.36. The van der Waals surface area contributed by atoms with Gasteiger partial charge < -0.3 is 24.0 Å². The lowest BCUT2D eigenvalue weighted by molar-refractivity contribution is -0.698. The van der Waals surface area contributed by atoms with Gasteiger partial charge in [0.2, 0.25) is 0 Å². The van der Waals surface area contributed by atoms with Gasteiger partial charge in [0.05, 0.1) is 0 Å². The standard InChI is InChI=1S/C12H14N.HI/c1-3-13-9-12-7-5-4-6-11(12)8-10(13)2;/h4-9H,3H2,1-2H3;1H/q+1;/p-1. The van der Waals surface area contributed by atoms with Gasteiger partial charge in [-0.3, -0.25) is 0 Å². The Labute approximate surface area is 102 Å². The lowest BCUT2D eigenvalue weighted by Gasteiger charge is -1.99. The molecule has 74 valence electrons. The number of pyridine rings is 1. The van der Waals surface area contributed by atoms with E-state index in [9.17, 15) is 0 Å². The quantitative estimate of drug-likeness (QED) is 0.492. The molecule has 0 fully saturated rings. The van der Waals surface area contributed by atoms with E-state index in [-0.39, 0.29) is 24.0 Å². The summed E-state index contributed by atoms with van der Waals surface area (Å²) in [6.07, 6.45) is 2.21. The number of nitrogens with zero attached hydrogens (tertiary/aromatic N) is 1. The molecule has 2 aromatic rings. The molecular weight excluding hydrogens is 285 g/mol. The van der Waals surface area contributed by atoms with E-state index in [1.54, 1.807) is 0 Å². The zero-order chi connectivity index (χ0) is 9.26. The molecule has 0 saturated carbocycles. The molecule has 0 spiro atoms. The van der Waals surface area contributed by atoms with Gasteiger partial charge in [0, 0.05) is 18.4 Å². The van der Waals surface area contributed by atoms with Crippen LogP contribution in [0.5, 0.6) is 0 Å². The van der Waals surface area contributed by atoms with Crippen molar-refractivity contribution >= 4 is 10.8 Å². The van der Waals surface area contributed by atoms with Crippen molar-refractivity contribution in [3.05, 3.63) is 42.2 Å². The predicted octanol–water partition coefficient (Wildman–Crippen LogP) is -0.540. The van der Waals surface area contributed by atoms with Crippen molar-refractivity contribution in [2.75, 3.05) is 0 Å². The van der Waals surface area contributed by atoms with Crippen molar-refractivity contribution in [3.63, 3.8) is 0 Å². The second kappa shape index (κ2) is 4.73. The van der Waals surface area contributed by atoms with E-state index in [2.05, 4.69) is 54.9 Å². The number of hydrogen-bond donors (Lipinski definition) is 0. The number of benzene rings is 1. The van der Waals surface area contributed by atoms with Crippen molar-refractivity contribution in [2.24, 2.45) is 0 Å². The van der Waals surface area contributed by atoms with Gasteiger partial charge >= 0.3 is 0 Å². The summed E-state index contributed by atoms with van der Waals surface area (Å²) in [6, 6.07) is 10.7.